The van der Waals surface area contributed by atoms with Crippen molar-refractivity contribution in [3.63, 3.8) is 0 Å². The summed E-state index contributed by atoms with van der Waals surface area (Å²) in [5.74, 6) is -3.91. The van der Waals surface area contributed by atoms with Gasteiger partial charge >= 0.3 is 12.1 Å². The maximum absolute atomic E-state index is 14.9. The number of carbonyl (C=O) groups excluding carboxylic acids is 2. The van der Waals surface area contributed by atoms with Gasteiger partial charge in [-0.25, -0.2) is 14.2 Å². The Kier molecular flexibility index (Phi) is 10.9. The minimum atomic E-state index is -4.76. The number of halogens is 6. The first-order valence-corrected chi connectivity index (χ1v) is 13.0. The van der Waals surface area contributed by atoms with Gasteiger partial charge in [0, 0.05) is 29.0 Å². The van der Waals surface area contributed by atoms with Crippen molar-refractivity contribution in [2.24, 2.45) is 5.92 Å². The molecule has 0 spiro atoms. The maximum atomic E-state index is 14.9. The molecule has 2 unspecified atom stereocenters. The second kappa shape index (κ2) is 13.7. The van der Waals surface area contributed by atoms with E-state index in [4.69, 9.17) is 30.5 Å². The van der Waals surface area contributed by atoms with Crippen LogP contribution in [0.4, 0.5) is 23.2 Å². The average Bonchev–Trinajstić information content (AvgIpc) is 2.89. The molecule has 0 radical (unpaired) electrons. The second-order valence-corrected chi connectivity index (χ2v) is 10.1. The van der Waals surface area contributed by atoms with Gasteiger partial charge < -0.3 is 23.8 Å². The van der Waals surface area contributed by atoms with Crippen LogP contribution in [-0.2, 0) is 25.2 Å². The zero-order valence-corrected chi connectivity index (χ0v) is 24.3. The van der Waals surface area contributed by atoms with Crippen LogP contribution >= 0.6 is 34.2 Å². The Morgan fingerprint density at radius 2 is 1.82 bits per heavy atom. The van der Waals surface area contributed by atoms with E-state index in [9.17, 15) is 27.2 Å². The monoisotopic (exact) mass is 698 g/mol. The highest BCUT2D eigenvalue weighted by molar-refractivity contribution is 14.1. The molecule has 0 bridgehead atoms. The number of rotatable bonds is 10. The zero-order chi connectivity index (χ0) is 29.6. The minimum absolute atomic E-state index is 0.0313. The van der Waals surface area contributed by atoms with Gasteiger partial charge in [0.25, 0.3) is 0 Å². The number of hydrogen-bond acceptors (Lipinski definition) is 7. The van der Waals surface area contributed by atoms with Crippen LogP contribution in [0.3, 0.4) is 0 Å². The lowest BCUT2D eigenvalue weighted by atomic mass is 9.95. The van der Waals surface area contributed by atoms with Crippen molar-refractivity contribution < 1.29 is 46.1 Å². The van der Waals surface area contributed by atoms with Crippen molar-refractivity contribution >= 4 is 51.8 Å². The molecule has 0 saturated carbocycles. The number of ether oxygens (including phenoxy) is 4. The average molecular weight is 699 g/mol. The third kappa shape index (κ3) is 7.50. The predicted molar refractivity (Wildman–Crippen MR) is 146 cm³/mol. The van der Waals surface area contributed by atoms with E-state index in [1.807, 2.05) is 0 Å². The summed E-state index contributed by atoms with van der Waals surface area (Å²) in [4.78, 5) is 31.5. The topological polar surface area (TPSA) is 87.2 Å². The number of amides is 1. The van der Waals surface area contributed by atoms with E-state index in [1.54, 1.807) is 22.6 Å². The van der Waals surface area contributed by atoms with E-state index in [0.29, 0.717) is 0 Å². The summed E-state index contributed by atoms with van der Waals surface area (Å²) in [6.07, 6.45) is -1.59. The number of aromatic nitrogens is 1. The van der Waals surface area contributed by atoms with Crippen molar-refractivity contribution in [3.05, 3.63) is 68.4 Å². The Labute approximate surface area is 246 Å². The van der Waals surface area contributed by atoms with Crippen LogP contribution in [0.1, 0.15) is 15.9 Å². The summed E-state index contributed by atoms with van der Waals surface area (Å²) in [5.41, 5.74) is -1.39. The molecule has 0 saturated heterocycles. The van der Waals surface area contributed by atoms with Crippen LogP contribution < -0.4 is 9.64 Å². The lowest BCUT2D eigenvalue weighted by Crippen LogP contribution is -2.50. The number of hydrogen-bond donors (Lipinski definition) is 0. The summed E-state index contributed by atoms with van der Waals surface area (Å²) in [7, 11) is 3.86. The quantitative estimate of drug-likeness (QED) is 0.173. The largest absolute Gasteiger partial charge is 0.465 e. The van der Waals surface area contributed by atoms with E-state index in [-0.39, 0.29) is 38.8 Å². The molecule has 0 aliphatic heterocycles. The first-order chi connectivity index (χ1) is 18.9. The number of esters is 1. The molecule has 8 nitrogen and oxygen atoms in total. The van der Waals surface area contributed by atoms with Gasteiger partial charge in [0.15, 0.2) is 0 Å². The van der Waals surface area contributed by atoms with Gasteiger partial charge in [-0.3, -0.25) is 4.79 Å². The summed E-state index contributed by atoms with van der Waals surface area (Å²) in [6, 6.07) is 3.66. The van der Waals surface area contributed by atoms with Crippen LogP contribution in [-0.4, -0.2) is 63.6 Å². The second-order valence-electron chi connectivity index (χ2n) is 8.43. The highest BCUT2D eigenvalue weighted by Gasteiger charge is 2.38. The molecule has 3 rings (SSSR count). The van der Waals surface area contributed by atoms with E-state index in [1.165, 1.54) is 44.7 Å². The Morgan fingerprint density at radius 1 is 1.15 bits per heavy atom. The predicted octanol–water partition coefficient (Wildman–Crippen LogP) is 5.93. The Balaban J connectivity index is 2.13. The normalized spacial score (nSPS) is 17.0. The van der Waals surface area contributed by atoms with Crippen LogP contribution in [0.15, 0.2) is 53.7 Å². The van der Waals surface area contributed by atoms with Crippen molar-refractivity contribution in [3.8, 4) is 11.6 Å². The van der Waals surface area contributed by atoms with Crippen molar-refractivity contribution in [1.82, 2.24) is 4.98 Å². The number of benzene rings is 1. The lowest BCUT2D eigenvalue weighted by molar-refractivity contribution is -0.139. The number of carbonyl (C=O) groups is 2. The molecule has 1 aromatic carbocycles. The molecule has 2 atom stereocenters. The third-order valence-electron chi connectivity index (χ3n) is 5.70. The molecule has 2 aromatic rings. The number of anilines is 1. The molecule has 40 heavy (non-hydrogen) atoms. The van der Waals surface area contributed by atoms with Gasteiger partial charge in [-0.2, -0.15) is 13.2 Å². The fourth-order valence-corrected chi connectivity index (χ4v) is 4.60. The highest BCUT2D eigenvalue weighted by atomic mass is 127. The molecular weight excluding hydrogens is 675 g/mol. The van der Waals surface area contributed by atoms with Gasteiger partial charge in [-0.15, -0.1) is 0 Å². The third-order valence-corrected chi connectivity index (χ3v) is 6.54. The van der Waals surface area contributed by atoms with Gasteiger partial charge in [-0.1, -0.05) is 17.7 Å². The first-order valence-electron chi connectivity index (χ1n) is 11.5. The molecule has 0 N–H and O–H groups in total. The van der Waals surface area contributed by atoms with Crippen molar-refractivity contribution in [2.75, 3.05) is 39.4 Å². The lowest BCUT2D eigenvalue weighted by Gasteiger charge is -2.35. The maximum Gasteiger partial charge on any atom is 0.421 e. The van der Waals surface area contributed by atoms with Gasteiger partial charge in [0.2, 0.25) is 11.8 Å². The van der Waals surface area contributed by atoms with Crippen LogP contribution in [0.25, 0.3) is 0 Å². The van der Waals surface area contributed by atoms with Crippen molar-refractivity contribution in [2.45, 2.75) is 18.4 Å². The molecule has 1 heterocycles. The Bertz CT molecular complexity index is 1300. The Hall–Kier alpha value is -2.75. The molecule has 216 valence electrons. The molecular formula is C26H24ClF4IN2O6. The summed E-state index contributed by atoms with van der Waals surface area (Å²) in [6.45, 7) is -0.131. The zero-order valence-electron chi connectivity index (χ0n) is 21.4. The fraction of sp³-hybridized carbons (Fsp3) is 0.346. The van der Waals surface area contributed by atoms with Gasteiger partial charge in [-0.05, 0) is 59.0 Å². The van der Waals surface area contributed by atoms with E-state index in [2.05, 4.69) is 4.98 Å². The summed E-state index contributed by atoms with van der Waals surface area (Å²) < 4.78 is 76.8. The van der Waals surface area contributed by atoms with Crippen LogP contribution in [0, 0.1) is 9.49 Å². The number of pyridine rings is 1. The van der Waals surface area contributed by atoms with E-state index < -0.39 is 47.6 Å². The SMILES string of the molecule is COCC(COC)N(C(=O)C1C=CC(Cl)=CC1F)c1ccc(Oc2ncc(I)cc2C(F)(F)F)cc1C(=O)OC. The standard InChI is InChI=1S/C26H24ClF4IN2O6/c1-37-12-16(13-38-2)34(24(35)18-6-4-14(27)8-21(18)28)22-7-5-17(10-19(22)25(36)39-3)40-23-20(26(29,30)31)9-15(32)11-33-23/h4-11,16,18,21H,12-13H2,1-3H3. The summed E-state index contributed by atoms with van der Waals surface area (Å²) in [5, 5.41) is 0.118. The molecule has 1 aromatic heterocycles. The smallest absolute Gasteiger partial charge is 0.421 e. The Morgan fingerprint density at radius 3 is 2.40 bits per heavy atom. The number of methoxy groups -OCH3 is 3. The van der Waals surface area contributed by atoms with E-state index in [0.717, 1.165) is 30.2 Å². The van der Waals surface area contributed by atoms with Crippen molar-refractivity contribution in [1.29, 1.82) is 0 Å². The molecule has 0 fully saturated rings. The van der Waals surface area contributed by atoms with Gasteiger partial charge in [0.1, 0.15) is 17.5 Å². The highest BCUT2D eigenvalue weighted by Crippen LogP contribution is 2.39. The van der Waals surface area contributed by atoms with E-state index >= 15 is 0 Å². The fourth-order valence-electron chi connectivity index (χ4n) is 3.95. The van der Waals surface area contributed by atoms with Crippen LogP contribution in [0.5, 0.6) is 11.6 Å². The molecule has 14 heteroatoms. The summed E-state index contributed by atoms with van der Waals surface area (Å²) >= 11 is 7.57. The first kappa shape index (κ1) is 31.8. The minimum Gasteiger partial charge on any atom is -0.465 e. The molecule has 1 aliphatic carbocycles. The molecule has 1 amide bonds. The molecule has 1 aliphatic rings. The number of alkyl halides is 4. The van der Waals surface area contributed by atoms with Crippen LogP contribution in [0.2, 0.25) is 0 Å². The van der Waals surface area contributed by atoms with Gasteiger partial charge in [0.05, 0.1) is 43.5 Å². The number of nitrogens with zero attached hydrogens (tertiary/aromatic N) is 2. The number of allylic oxidation sites excluding steroid dienone is 3.